The number of carbonyl (C=O) groups excluding carboxylic acids is 2. The Morgan fingerprint density at radius 3 is 2.19 bits per heavy atom. The molecule has 1 atom stereocenters. The molecule has 0 radical (unpaired) electrons. The highest BCUT2D eigenvalue weighted by molar-refractivity contribution is 5.83. The molecule has 3 rings (SSSR count). The number of hydrogen-bond donors (Lipinski definition) is 2. The molecule has 0 spiro atoms. The maximum atomic E-state index is 13.4. The van der Waals surface area contributed by atoms with Crippen molar-refractivity contribution in [3.63, 3.8) is 0 Å². The van der Waals surface area contributed by atoms with Crippen LogP contribution in [-0.2, 0) is 11.2 Å². The number of carbonyl (C=O) groups is 2. The van der Waals surface area contributed by atoms with Gasteiger partial charge in [-0.25, -0.2) is 10.2 Å². The minimum atomic E-state index is -0.310. The molecule has 202 valence electrons. The SMILES string of the molecule is CCOc1cc(C(C)N(CCCCc2ccccc2)C(=O)NNC(=O)C2CCCC2)cc(OCC)c1C. The van der Waals surface area contributed by atoms with Crippen molar-refractivity contribution >= 4 is 11.9 Å². The Labute approximate surface area is 221 Å². The highest BCUT2D eigenvalue weighted by Crippen LogP contribution is 2.34. The smallest absolute Gasteiger partial charge is 0.336 e. The molecule has 1 aliphatic rings. The van der Waals surface area contributed by atoms with Crippen molar-refractivity contribution in [1.29, 1.82) is 0 Å². The highest BCUT2D eigenvalue weighted by Gasteiger charge is 2.26. The first-order valence-corrected chi connectivity index (χ1v) is 13.7. The number of amides is 3. The van der Waals surface area contributed by atoms with E-state index in [0.29, 0.717) is 19.8 Å². The van der Waals surface area contributed by atoms with Crippen LogP contribution in [0.2, 0.25) is 0 Å². The largest absolute Gasteiger partial charge is 0.493 e. The number of aryl methyl sites for hydroxylation is 1. The monoisotopic (exact) mass is 509 g/mol. The normalized spacial score (nSPS) is 14.2. The van der Waals surface area contributed by atoms with Crippen molar-refractivity contribution in [2.75, 3.05) is 19.8 Å². The number of nitrogens with one attached hydrogen (secondary N) is 2. The summed E-state index contributed by atoms with van der Waals surface area (Å²) in [6.45, 7) is 9.54. The molecular weight excluding hydrogens is 466 g/mol. The van der Waals surface area contributed by atoms with Gasteiger partial charge in [-0.15, -0.1) is 0 Å². The van der Waals surface area contributed by atoms with E-state index in [4.69, 9.17) is 9.47 Å². The molecule has 0 bridgehead atoms. The number of hydrazine groups is 1. The number of benzene rings is 2. The fourth-order valence-corrected chi connectivity index (χ4v) is 4.92. The molecule has 2 aromatic carbocycles. The fourth-order valence-electron chi connectivity index (χ4n) is 4.92. The van der Waals surface area contributed by atoms with Gasteiger partial charge in [0, 0.05) is 18.0 Å². The summed E-state index contributed by atoms with van der Waals surface area (Å²) in [6.07, 6.45) is 6.64. The maximum Gasteiger partial charge on any atom is 0.336 e. The molecule has 3 amide bonds. The summed E-state index contributed by atoms with van der Waals surface area (Å²) < 4.78 is 11.8. The van der Waals surface area contributed by atoms with Crippen LogP contribution in [0.4, 0.5) is 4.79 Å². The molecule has 1 saturated carbocycles. The van der Waals surface area contributed by atoms with Crippen LogP contribution in [0.3, 0.4) is 0 Å². The number of unbranched alkanes of at least 4 members (excludes halogenated alkanes) is 1. The molecule has 7 heteroatoms. The Morgan fingerprint density at radius 2 is 1.59 bits per heavy atom. The van der Waals surface area contributed by atoms with Crippen molar-refractivity contribution in [1.82, 2.24) is 15.8 Å². The fraction of sp³-hybridized carbons (Fsp3) is 0.533. The van der Waals surface area contributed by atoms with Crippen molar-refractivity contribution in [3.8, 4) is 11.5 Å². The lowest BCUT2D eigenvalue weighted by molar-refractivity contribution is -0.125. The van der Waals surface area contributed by atoms with Crippen LogP contribution in [0.5, 0.6) is 11.5 Å². The second-order valence-corrected chi connectivity index (χ2v) is 9.72. The third-order valence-electron chi connectivity index (χ3n) is 7.12. The molecule has 1 unspecified atom stereocenters. The van der Waals surface area contributed by atoms with Crippen LogP contribution in [0.25, 0.3) is 0 Å². The van der Waals surface area contributed by atoms with Crippen LogP contribution in [0.1, 0.15) is 82.0 Å². The molecule has 0 aliphatic heterocycles. The van der Waals surface area contributed by atoms with Gasteiger partial charge in [0.25, 0.3) is 0 Å². The number of ether oxygens (including phenoxy) is 2. The minimum absolute atomic E-state index is 0.0170. The zero-order chi connectivity index (χ0) is 26.6. The van der Waals surface area contributed by atoms with Gasteiger partial charge in [-0.2, -0.15) is 0 Å². The van der Waals surface area contributed by atoms with E-state index in [1.807, 2.05) is 58.0 Å². The lowest BCUT2D eigenvalue weighted by Crippen LogP contribution is -2.51. The zero-order valence-corrected chi connectivity index (χ0v) is 22.8. The summed E-state index contributed by atoms with van der Waals surface area (Å²) in [4.78, 5) is 27.7. The quantitative estimate of drug-likeness (QED) is 0.267. The van der Waals surface area contributed by atoms with Crippen LogP contribution in [-0.4, -0.2) is 36.6 Å². The Kier molecular flexibility index (Phi) is 11.1. The summed E-state index contributed by atoms with van der Waals surface area (Å²) in [7, 11) is 0. The van der Waals surface area contributed by atoms with E-state index in [2.05, 4.69) is 23.0 Å². The van der Waals surface area contributed by atoms with Gasteiger partial charge in [0.05, 0.1) is 19.3 Å². The van der Waals surface area contributed by atoms with E-state index >= 15 is 0 Å². The van der Waals surface area contributed by atoms with E-state index in [1.165, 1.54) is 5.56 Å². The molecule has 2 N–H and O–H groups in total. The molecule has 1 fully saturated rings. The third kappa shape index (κ3) is 8.14. The van der Waals surface area contributed by atoms with E-state index in [0.717, 1.165) is 67.6 Å². The van der Waals surface area contributed by atoms with Crippen LogP contribution in [0.15, 0.2) is 42.5 Å². The number of hydrogen-bond acceptors (Lipinski definition) is 4. The summed E-state index contributed by atoms with van der Waals surface area (Å²) in [5.74, 6) is 1.40. The van der Waals surface area contributed by atoms with Gasteiger partial charge in [-0.3, -0.25) is 10.2 Å². The second kappa shape index (κ2) is 14.5. The van der Waals surface area contributed by atoms with Gasteiger partial charge >= 0.3 is 6.03 Å². The molecule has 37 heavy (non-hydrogen) atoms. The van der Waals surface area contributed by atoms with Gasteiger partial charge in [0.1, 0.15) is 11.5 Å². The summed E-state index contributed by atoms with van der Waals surface area (Å²) >= 11 is 0. The molecule has 0 aromatic heterocycles. The summed E-state index contributed by atoms with van der Waals surface area (Å²) in [5.41, 5.74) is 8.52. The van der Waals surface area contributed by atoms with Crippen molar-refractivity contribution < 1.29 is 19.1 Å². The van der Waals surface area contributed by atoms with Crippen LogP contribution < -0.4 is 20.3 Å². The molecule has 7 nitrogen and oxygen atoms in total. The molecule has 2 aromatic rings. The predicted molar refractivity (Wildman–Crippen MR) is 147 cm³/mol. The van der Waals surface area contributed by atoms with E-state index in [1.54, 1.807) is 4.90 Å². The lowest BCUT2D eigenvalue weighted by atomic mass is 10.0. The predicted octanol–water partition coefficient (Wildman–Crippen LogP) is 6.11. The molecule has 1 aliphatic carbocycles. The Morgan fingerprint density at radius 1 is 0.973 bits per heavy atom. The first-order chi connectivity index (χ1) is 17.9. The molecule has 0 saturated heterocycles. The first-order valence-electron chi connectivity index (χ1n) is 13.7. The van der Waals surface area contributed by atoms with Crippen LogP contribution >= 0.6 is 0 Å². The lowest BCUT2D eigenvalue weighted by Gasteiger charge is -2.31. The Hall–Kier alpha value is -3.22. The van der Waals surface area contributed by atoms with Crippen molar-refractivity contribution in [3.05, 3.63) is 59.2 Å². The van der Waals surface area contributed by atoms with Gasteiger partial charge in [0.2, 0.25) is 5.91 Å². The zero-order valence-electron chi connectivity index (χ0n) is 22.8. The Bertz CT molecular complexity index is 978. The van der Waals surface area contributed by atoms with Gasteiger partial charge in [0.15, 0.2) is 0 Å². The highest BCUT2D eigenvalue weighted by atomic mass is 16.5. The van der Waals surface area contributed by atoms with Crippen molar-refractivity contribution in [2.45, 2.75) is 78.7 Å². The second-order valence-electron chi connectivity index (χ2n) is 9.72. The van der Waals surface area contributed by atoms with E-state index < -0.39 is 0 Å². The van der Waals surface area contributed by atoms with E-state index in [-0.39, 0.29) is 23.9 Å². The first kappa shape index (κ1) is 28.4. The molecular formula is C30H43N3O4. The van der Waals surface area contributed by atoms with Gasteiger partial charge in [-0.1, -0.05) is 43.2 Å². The van der Waals surface area contributed by atoms with Crippen LogP contribution in [0, 0.1) is 12.8 Å². The third-order valence-corrected chi connectivity index (χ3v) is 7.12. The Balaban J connectivity index is 1.74. The van der Waals surface area contributed by atoms with E-state index in [9.17, 15) is 9.59 Å². The summed E-state index contributed by atoms with van der Waals surface area (Å²) in [5, 5.41) is 0. The average Bonchev–Trinajstić information content (AvgIpc) is 3.45. The molecule has 0 heterocycles. The van der Waals surface area contributed by atoms with Gasteiger partial charge < -0.3 is 14.4 Å². The van der Waals surface area contributed by atoms with Gasteiger partial charge in [-0.05, 0) is 83.1 Å². The van der Waals surface area contributed by atoms with Crippen molar-refractivity contribution in [2.24, 2.45) is 5.92 Å². The average molecular weight is 510 g/mol. The number of rotatable bonds is 12. The minimum Gasteiger partial charge on any atom is -0.493 e. The maximum absolute atomic E-state index is 13.4. The standard InChI is InChI=1S/C30H43N3O4/c1-5-36-27-20-26(21-28(22(27)3)37-6-2)23(4)33(19-13-12-16-24-14-8-7-9-15-24)30(35)32-31-29(34)25-17-10-11-18-25/h7-9,14-15,20-21,23,25H,5-6,10-13,16-19H2,1-4H3,(H,31,34)(H,32,35). The number of nitrogens with zero attached hydrogens (tertiary/aromatic N) is 1. The summed E-state index contributed by atoms with van der Waals surface area (Å²) in [6, 6.07) is 13.8. The number of urea groups is 1. The topological polar surface area (TPSA) is 79.9 Å².